The molecule has 0 aliphatic heterocycles. The molecule has 1 heterocycles. The summed E-state index contributed by atoms with van der Waals surface area (Å²) in [6.07, 6.45) is -29.6. The Hall–Kier alpha value is -3.18. The molecule has 0 unspecified atom stereocenters. The maximum absolute atomic E-state index is 14.0. The van der Waals surface area contributed by atoms with Gasteiger partial charge in [-0.25, -0.2) is 23.8 Å². The molecule has 7 nitrogen and oxygen atoms in total. The molecule has 1 atom stereocenters. The van der Waals surface area contributed by atoms with Crippen molar-refractivity contribution in [1.29, 1.82) is 0 Å². The van der Waals surface area contributed by atoms with E-state index < -0.39 is 68.3 Å². The van der Waals surface area contributed by atoms with Crippen LogP contribution in [0.3, 0.4) is 0 Å². The lowest BCUT2D eigenvalue weighted by molar-refractivity contribution is -0.543. The highest BCUT2D eigenvalue weighted by Gasteiger charge is 2.85. The number of unbranched alkanes of at least 4 members (excludes halogenated alkanes) is 3. The molecule has 0 N–H and O–H groups in total. The van der Waals surface area contributed by atoms with E-state index in [1.54, 1.807) is 24.5 Å². The Balaban J connectivity index is 1.72. The van der Waals surface area contributed by atoms with Crippen LogP contribution in [0.1, 0.15) is 51.0 Å². The number of halogens is 16. The topological polar surface area (TPSA) is 71.9 Å². The zero-order valence-electron chi connectivity index (χ0n) is 28.0. The number of hydrogen-bond donors (Lipinski definition) is 0. The first kappa shape index (κ1) is 47.0. The molecule has 1 aromatic heterocycles. The molecule has 0 amide bonds. The van der Waals surface area contributed by atoms with Gasteiger partial charge in [-0.05, 0) is 24.8 Å². The molecule has 0 bridgehead atoms. The van der Waals surface area contributed by atoms with E-state index in [2.05, 4.69) is 26.4 Å². The van der Waals surface area contributed by atoms with Crippen molar-refractivity contribution in [1.82, 2.24) is 9.97 Å². The molecule has 0 aliphatic carbocycles. The Kier molecular flexibility index (Phi) is 16.6. The fourth-order valence-corrected chi connectivity index (χ4v) is 4.08. The van der Waals surface area contributed by atoms with Gasteiger partial charge >= 0.3 is 42.5 Å². The lowest BCUT2D eigenvalue weighted by Gasteiger charge is -2.36. The zero-order chi connectivity index (χ0) is 41.1. The number of hydrogen-bond acceptors (Lipinski definition) is 7. The van der Waals surface area contributed by atoms with Crippen LogP contribution in [0.4, 0.5) is 70.2 Å². The third kappa shape index (κ3) is 13.2. The Bertz CT molecular complexity index is 1400. The summed E-state index contributed by atoms with van der Waals surface area (Å²) < 4.78 is 228. The number of rotatable bonds is 25. The Labute approximate surface area is 297 Å². The van der Waals surface area contributed by atoms with Crippen LogP contribution >= 0.6 is 0 Å². The third-order valence-electron chi connectivity index (χ3n) is 6.99. The quantitative estimate of drug-likeness (QED) is 0.0730. The highest BCUT2D eigenvalue weighted by atomic mass is 19.4. The molecule has 310 valence electrons. The number of nitrogens with zero attached hydrogens (tertiary/aromatic N) is 2. The highest BCUT2D eigenvalue weighted by molar-refractivity contribution is 5.55. The largest absolute Gasteiger partial charge is 0.490 e. The molecule has 0 spiro atoms. The predicted octanol–water partition coefficient (Wildman–Crippen LogP) is 10.0. The van der Waals surface area contributed by atoms with E-state index in [1.807, 2.05) is 12.1 Å². The fraction of sp³-hybridized carbons (Fsp3) is 0.677. The summed E-state index contributed by atoms with van der Waals surface area (Å²) in [6.45, 7) is -1.33. The summed E-state index contributed by atoms with van der Waals surface area (Å²) in [7, 11) is 0. The van der Waals surface area contributed by atoms with Gasteiger partial charge in [-0.15, -0.1) is 0 Å². The maximum Gasteiger partial charge on any atom is 0.460 e. The number of aromatic nitrogens is 2. The first-order valence-electron chi connectivity index (χ1n) is 15.9. The number of benzene rings is 1. The smallest absolute Gasteiger partial charge is 0.460 e. The molecule has 2 rings (SSSR count). The van der Waals surface area contributed by atoms with Gasteiger partial charge in [-0.1, -0.05) is 50.5 Å². The minimum Gasteiger partial charge on any atom is -0.490 e. The van der Waals surface area contributed by atoms with Crippen molar-refractivity contribution in [3.63, 3.8) is 0 Å². The van der Waals surface area contributed by atoms with E-state index in [1.165, 1.54) is 4.74 Å². The molecule has 2 aromatic rings. The SMILES string of the molecule is CCCCCCOc1cnc(-c2ccc(CCCOCC[C@H](F)COCC(F)(F)OC(F)(F)C(F)(F)OC(F)(F)C(F)(F)C(F)(F)C(F)(F)F)cc2)nc1. The lowest BCUT2D eigenvalue weighted by atomic mass is 10.1. The van der Waals surface area contributed by atoms with E-state index in [9.17, 15) is 70.2 Å². The van der Waals surface area contributed by atoms with Crippen molar-refractivity contribution in [3.8, 4) is 17.1 Å². The van der Waals surface area contributed by atoms with Gasteiger partial charge in [-0.3, -0.25) is 0 Å². The molecule has 23 heteroatoms. The summed E-state index contributed by atoms with van der Waals surface area (Å²) in [4.78, 5) is 8.59. The molecule has 1 aromatic carbocycles. The monoisotopic (exact) mass is 818 g/mol. The minimum absolute atomic E-state index is 0.106. The molecule has 54 heavy (non-hydrogen) atoms. The standard InChI is InChI=1S/C31H34F16N2O5/c1-2-3-4-5-14-52-23-16-48-24(49-17-23)21-10-8-20(9-11-21)7-6-13-50-15-12-22(32)18-51-19-25(33,34)53-30(44,45)31(46,47)54-29(42,43)27(37,38)26(35,36)28(39,40)41/h8-11,16-17,22H,2-7,12-15,18-19H2,1H3/t22-/m0/s1. The van der Waals surface area contributed by atoms with Crippen molar-refractivity contribution in [2.24, 2.45) is 0 Å². The molecular weight excluding hydrogens is 784 g/mol. The van der Waals surface area contributed by atoms with E-state index >= 15 is 0 Å². The number of alkyl halides is 16. The van der Waals surface area contributed by atoms with Gasteiger partial charge in [0.05, 0.1) is 25.6 Å². The Morgan fingerprint density at radius 2 is 1.22 bits per heavy atom. The van der Waals surface area contributed by atoms with E-state index in [4.69, 9.17) is 9.47 Å². The predicted molar refractivity (Wildman–Crippen MR) is 154 cm³/mol. The molecule has 0 aliphatic rings. The second-order valence-corrected chi connectivity index (χ2v) is 11.5. The first-order chi connectivity index (χ1) is 24.8. The molecule has 0 saturated carbocycles. The first-order valence-corrected chi connectivity index (χ1v) is 15.9. The van der Waals surface area contributed by atoms with Gasteiger partial charge in [0.2, 0.25) is 0 Å². The van der Waals surface area contributed by atoms with Gasteiger partial charge in [0.25, 0.3) is 0 Å². The van der Waals surface area contributed by atoms with Gasteiger partial charge < -0.3 is 14.2 Å². The van der Waals surface area contributed by atoms with Crippen LogP contribution in [0.5, 0.6) is 5.75 Å². The van der Waals surface area contributed by atoms with Crippen molar-refractivity contribution in [3.05, 3.63) is 42.2 Å². The van der Waals surface area contributed by atoms with Crippen LogP contribution < -0.4 is 4.74 Å². The van der Waals surface area contributed by atoms with Crippen molar-refractivity contribution in [2.75, 3.05) is 33.0 Å². The third-order valence-corrected chi connectivity index (χ3v) is 6.99. The van der Waals surface area contributed by atoms with Crippen molar-refractivity contribution < 1.29 is 93.9 Å². The van der Waals surface area contributed by atoms with E-state index in [0.29, 0.717) is 31.0 Å². The average Bonchev–Trinajstić information content (AvgIpc) is 3.05. The second-order valence-electron chi connectivity index (χ2n) is 11.5. The van der Waals surface area contributed by atoms with E-state index in [-0.39, 0.29) is 13.2 Å². The molecular formula is C31H34F16N2O5. The van der Waals surface area contributed by atoms with Crippen LogP contribution in [0.25, 0.3) is 11.4 Å². The molecule has 0 saturated heterocycles. The highest BCUT2D eigenvalue weighted by Crippen LogP contribution is 2.56. The van der Waals surface area contributed by atoms with Crippen LogP contribution in [-0.2, 0) is 25.4 Å². The lowest BCUT2D eigenvalue weighted by Crippen LogP contribution is -2.64. The zero-order valence-corrected chi connectivity index (χ0v) is 28.0. The molecule has 0 radical (unpaired) electrons. The fourth-order valence-electron chi connectivity index (χ4n) is 4.08. The minimum atomic E-state index is -7.95. The Morgan fingerprint density at radius 3 is 1.80 bits per heavy atom. The van der Waals surface area contributed by atoms with Crippen LogP contribution in [-0.4, -0.2) is 91.6 Å². The van der Waals surface area contributed by atoms with Crippen LogP contribution in [0.15, 0.2) is 36.7 Å². The number of ether oxygens (including phenoxy) is 5. The van der Waals surface area contributed by atoms with Gasteiger partial charge in [0.1, 0.15) is 12.8 Å². The number of aryl methyl sites for hydroxylation is 1. The van der Waals surface area contributed by atoms with Crippen molar-refractivity contribution in [2.45, 2.75) is 100 Å². The normalized spacial score (nSPS) is 14.4. The summed E-state index contributed by atoms with van der Waals surface area (Å²) in [5.41, 5.74) is 1.65. The van der Waals surface area contributed by atoms with Gasteiger partial charge in [0, 0.05) is 25.2 Å². The van der Waals surface area contributed by atoms with Crippen LogP contribution in [0.2, 0.25) is 0 Å². The Morgan fingerprint density at radius 1 is 0.630 bits per heavy atom. The van der Waals surface area contributed by atoms with Gasteiger partial charge in [0.15, 0.2) is 11.6 Å². The summed E-state index contributed by atoms with van der Waals surface area (Å²) in [5.74, 6) is -14.8. The van der Waals surface area contributed by atoms with Crippen molar-refractivity contribution >= 4 is 0 Å². The maximum atomic E-state index is 14.0. The summed E-state index contributed by atoms with van der Waals surface area (Å²) in [5, 5.41) is 0. The van der Waals surface area contributed by atoms with E-state index in [0.717, 1.165) is 36.8 Å². The molecule has 0 fully saturated rings. The summed E-state index contributed by atoms with van der Waals surface area (Å²) in [6, 6.07) is 7.24. The van der Waals surface area contributed by atoms with Gasteiger partial charge in [-0.2, -0.15) is 65.9 Å². The second kappa shape index (κ2) is 19.1. The summed E-state index contributed by atoms with van der Waals surface area (Å²) >= 11 is 0. The van der Waals surface area contributed by atoms with Crippen LogP contribution in [0, 0.1) is 0 Å². The average molecular weight is 819 g/mol.